The minimum absolute atomic E-state index is 0.000911. The van der Waals surface area contributed by atoms with Gasteiger partial charge in [0.1, 0.15) is 4.99 Å². The molecule has 0 amide bonds. The van der Waals surface area contributed by atoms with E-state index in [9.17, 15) is 8.42 Å². The third kappa shape index (κ3) is 4.01. The normalized spacial score (nSPS) is 16.9. The van der Waals surface area contributed by atoms with Gasteiger partial charge in [0, 0.05) is 11.6 Å². The van der Waals surface area contributed by atoms with Crippen LogP contribution in [0.15, 0.2) is 29.2 Å². The molecule has 3 N–H and O–H groups in total. The van der Waals surface area contributed by atoms with Gasteiger partial charge in [-0.25, -0.2) is 13.1 Å². The summed E-state index contributed by atoms with van der Waals surface area (Å²) in [5.74, 6) is 0.686. The molecule has 0 saturated heterocycles. The van der Waals surface area contributed by atoms with E-state index in [1.54, 1.807) is 18.2 Å². The maximum Gasteiger partial charge on any atom is 0.240 e. The predicted molar refractivity (Wildman–Crippen MR) is 84.1 cm³/mol. The highest BCUT2D eigenvalue weighted by atomic mass is 32.2. The average Bonchev–Trinajstić information content (AvgIpc) is 3.21. The van der Waals surface area contributed by atoms with Crippen molar-refractivity contribution in [3.8, 4) is 0 Å². The lowest BCUT2D eigenvalue weighted by atomic mass is 10.1. The summed E-state index contributed by atoms with van der Waals surface area (Å²) in [6.45, 7) is 2.00. The Balaban J connectivity index is 2.15. The molecule has 1 atom stereocenters. The maximum absolute atomic E-state index is 12.4. The Morgan fingerprint density at radius 3 is 2.75 bits per heavy atom. The van der Waals surface area contributed by atoms with Crippen LogP contribution in [0.5, 0.6) is 0 Å². The highest BCUT2D eigenvalue weighted by Crippen LogP contribution is 2.34. The predicted octanol–water partition coefficient (Wildman–Crippen LogP) is 2.18. The standard InChI is InChI=1S/C14H20N2O2S2/c1-2-12(8-10-6-7-10)16-20(17,18)13-5-3-4-11(9-13)14(15)19/h3-5,9-10,12,16H,2,6-8H2,1H3,(H2,15,19). The van der Waals surface area contributed by atoms with E-state index in [2.05, 4.69) is 4.72 Å². The third-order valence-corrected chi connectivity index (χ3v) is 5.31. The molecular weight excluding hydrogens is 292 g/mol. The number of nitrogens with one attached hydrogen (secondary N) is 1. The van der Waals surface area contributed by atoms with Crippen molar-refractivity contribution in [2.24, 2.45) is 11.7 Å². The van der Waals surface area contributed by atoms with Crippen LogP contribution in [0.2, 0.25) is 0 Å². The van der Waals surface area contributed by atoms with E-state index in [1.807, 2.05) is 6.92 Å². The summed E-state index contributed by atoms with van der Waals surface area (Å²) in [6.07, 6.45) is 4.15. The zero-order valence-corrected chi connectivity index (χ0v) is 13.1. The highest BCUT2D eigenvalue weighted by molar-refractivity contribution is 7.89. The van der Waals surface area contributed by atoms with Crippen LogP contribution in [-0.2, 0) is 10.0 Å². The Morgan fingerprint density at radius 2 is 2.20 bits per heavy atom. The number of thiocarbonyl (C=S) groups is 1. The molecule has 0 bridgehead atoms. The first-order chi connectivity index (χ1) is 9.42. The fraction of sp³-hybridized carbons (Fsp3) is 0.500. The Labute approximate surface area is 125 Å². The largest absolute Gasteiger partial charge is 0.389 e. The first-order valence-electron chi connectivity index (χ1n) is 6.84. The summed E-state index contributed by atoms with van der Waals surface area (Å²) in [5, 5.41) is 0. The number of rotatable bonds is 7. The van der Waals surface area contributed by atoms with E-state index in [0.29, 0.717) is 11.5 Å². The van der Waals surface area contributed by atoms with Crippen LogP contribution in [0.25, 0.3) is 0 Å². The molecule has 1 aromatic rings. The molecule has 0 aliphatic heterocycles. The molecule has 1 saturated carbocycles. The number of hydrogen-bond acceptors (Lipinski definition) is 3. The molecule has 110 valence electrons. The number of nitrogens with two attached hydrogens (primary N) is 1. The van der Waals surface area contributed by atoms with Crippen molar-refractivity contribution >= 4 is 27.2 Å². The van der Waals surface area contributed by atoms with Crippen LogP contribution in [0.1, 0.15) is 38.2 Å². The van der Waals surface area contributed by atoms with Gasteiger partial charge in [0.15, 0.2) is 0 Å². The molecular formula is C14H20N2O2S2. The van der Waals surface area contributed by atoms with E-state index in [-0.39, 0.29) is 15.9 Å². The summed E-state index contributed by atoms with van der Waals surface area (Å²) in [4.78, 5) is 0.420. The summed E-state index contributed by atoms with van der Waals surface area (Å²) in [7, 11) is -3.51. The SMILES string of the molecule is CCC(CC1CC1)NS(=O)(=O)c1cccc(C(N)=S)c1. The van der Waals surface area contributed by atoms with E-state index in [1.165, 1.54) is 18.9 Å². The molecule has 1 aromatic carbocycles. The van der Waals surface area contributed by atoms with Gasteiger partial charge in [0.05, 0.1) is 4.90 Å². The van der Waals surface area contributed by atoms with E-state index < -0.39 is 10.0 Å². The van der Waals surface area contributed by atoms with Crippen molar-refractivity contribution in [2.45, 2.75) is 43.5 Å². The van der Waals surface area contributed by atoms with Crippen LogP contribution in [-0.4, -0.2) is 19.4 Å². The van der Waals surface area contributed by atoms with Crippen molar-refractivity contribution in [1.29, 1.82) is 0 Å². The van der Waals surface area contributed by atoms with Gasteiger partial charge in [-0.05, 0) is 30.9 Å². The van der Waals surface area contributed by atoms with Gasteiger partial charge < -0.3 is 5.73 Å². The van der Waals surface area contributed by atoms with E-state index in [4.69, 9.17) is 18.0 Å². The molecule has 2 rings (SSSR count). The Hall–Kier alpha value is -0.980. The molecule has 20 heavy (non-hydrogen) atoms. The first-order valence-corrected chi connectivity index (χ1v) is 8.73. The number of benzene rings is 1. The minimum Gasteiger partial charge on any atom is -0.389 e. The topological polar surface area (TPSA) is 72.2 Å². The second-order valence-electron chi connectivity index (χ2n) is 5.30. The van der Waals surface area contributed by atoms with Crippen molar-refractivity contribution in [2.75, 3.05) is 0 Å². The number of hydrogen-bond donors (Lipinski definition) is 2. The Morgan fingerprint density at radius 1 is 1.50 bits per heavy atom. The molecule has 0 aromatic heterocycles. The monoisotopic (exact) mass is 312 g/mol. The quantitative estimate of drug-likeness (QED) is 0.757. The van der Waals surface area contributed by atoms with Gasteiger partial charge in [0.25, 0.3) is 0 Å². The molecule has 0 heterocycles. The van der Waals surface area contributed by atoms with Crippen molar-refractivity contribution in [3.05, 3.63) is 29.8 Å². The first kappa shape index (κ1) is 15.4. The zero-order valence-electron chi connectivity index (χ0n) is 11.5. The molecule has 1 fully saturated rings. The highest BCUT2D eigenvalue weighted by Gasteiger charge is 2.27. The van der Waals surface area contributed by atoms with Crippen molar-refractivity contribution in [1.82, 2.24) is 4.72 Å². The molecule has 0 radical (unpaired) electrons. The fourth-order valence-corrected chi connectivity index (χ4v) is 3.66. The lowest BCUT2D eigenvalue weighted by Crippen LogP contribution is -2.34. The summed E-state index contributed by atoms with van der Waals surface area (Å²) < 4.78 is 27.6. The lowest BCUT2D eigenvalue weighted by Gasteiger charge is -2.17. The molecule has 0 spiro atoms. The summed E-state index contributed by atoms with van der Waals surface area (Å²) in [5.41, 5.74) is 6.11. The van der Waals surface area contributed by atoms with Crippen LogP contribution < -0.4 is 10.5 Å². The smallest absolute Gasteiger partial charge is 0.240 e. The zero-order chi connectivity index (χ0) is 14.8. The maximum atomic E-state index is 12.4. The van der Waals surface area contributed by atoms with Crippen molar-refractivity contribution < 1.29 is 8.42 Å². The average molecular weight is 312 g/mol. The lowest BCUT2D eigenvalue weighted by molar-refractivity contribution is 0.495. The van der Waals surface area contributed by atoms with Crippen LogP contribution in [0.3, 0.4) is 0 Å². The Kier molecular flexibility index (Phi) is 4.78. The Bertz CT molecular complexity index is 595. The van der Waals surface area contributed by atoms with Crippen molar-refractivity contribution in [3.63, 3.8) is 0 Å². The molecule has 1 aliphatic rings. The molecule has 4 nitrogen and oxygen atoms in total. The summed E-state index contributed by atoms with van der Waals surface area (Å²) >= 11 is 4.88. The molecule has 1 aliphatic carbocycles. The molecule has 6 heteroatoms. The van der Waals surface area contributed by atoms with Gasteiger partial charge in [0.2, 0.25) is 10.0 Å². The van der Waals surface area contributed by atoms with Gasteiger partial charge in [-0.3, -0.25) is 0 Å². The minimum atomic E-state index is -3.51. The van der Waals surface area contributed by atoms with Gasteiger partial charge >= 0.3 is 0 Å². The van der Waals surface area contributed by atoms with E-state index in [0.717, 1.165) is 12.8 Å². The van der Waals surface area contributed by atoms with Crippen LogP contribution in [0.4, 0.5) is 0 Å². The summed E-state index contributed by atoms with van der Waals surface area (Å²) in [6, 6.07) is 6.46. The van der Waals surface area contributed by atoms with Gasteiger partial charge in [-0.1, -0.05) is 44.1 Å². The van der Waals surface area contributed by atoms with Crippen LogP contribution >= 0.6 is 12.2 Å². The fourth-order valence-electron chi connectivity index (χ4n) is 2.16. The second-order valence-corrected chi connectivity index (χ2v) is 7.45. The van der Waals surface area contributed by atoms with Crippen LogP contribution in [0, 0.1) is 5.92 Å². The van der Waals surface area contributed by atoms with E-state index >= 15 is 0 Å². The van der Waals surface area contributed by atoms with Gasteiger partial charge in [-0.2, -0.15) is 0 Å². The third-order valence-electron chi connectivity index (χ3n) is 3.56. The number of sulfonamides is 1. The second kappa shape index (κ2) is 6.20. The van der Waals surface area contributed by atoms with Gasteiger partial charge in [-0.15, -0.1) is 0 Å². The molecule has 1 unspecified atom stereocenters.